The molecule has 3 rings (SSSR count). The number of hydrogen-bond acceptors (Lipinski definition) is 5. The van der Waals surface area contributed by atoms with Crippen molar-refractivity contribution in [3.63, 3.8) is 0 Å². The van der Waals surface area contributed by atoms with E-state index in [9.17, 15) is 18.0 Å². The van der Waals surface area contributed by atoms with Gasteiger partial charge >= 0.3 is 0 Å². The van der Waals surface area contributed by atoms with Gasteiger partial charge in [0, 0.05) is 23.8 Å². The maximum absolute atomic E-state index is 13.1. The monoisotopic (exact) mass is 420 g/mol. The third-order valence-electron chi connectivity index (χ3n) is 4.77. The van der Waals surface area contributed by atoms with Crippen LogP contribution in [0.5, 0.6) is 0 Å². The quantitative estimate of drug-likeness (QED) is 0.744. The predicted octanol–water partition coefficient (Wildman–Crippen LogP) is 3.43. The van der Waals surface area contributed by atoms with E-state index in [0.717, 1.165) is 12.8 Å². The first-order valence-corrected chi connectivity index (χ1v) is 12.1. The second-order valence-corrected chi connectivity index (χ2v) is 10.1. The molecule has 8 heteroatoms. The number of benzene rings is 1. The van der Waals surface area contributed by atoms with E-state index in [1.807, 2.05) is 12.3 Å². The molecule has 1 saturated heterocycles. The minimum atomic E-state index is -3.08. The van der Waals surface area contributed by atoms with E-state index in [1.165, 1.54) is 11.3 Å². The molecule has 2 heterocycles. The van der Waals surface area contributed by atoms with Gasteiger partial charge in [-0.1, -0.05) is 25.5 Å². The molecule has 1 aromatic carbocycles. The zero-order chi connectivity index (χ0) is 20.1. The lowest BCUT2D eigenvalue weighted by molar-refractivity contribution is 0.0694. The number of hydrogen-bond donors (Lipinski definition) is 1. The van der Waals surface area contributed by atoms with Crippen LogP contribution >= 0.6 is 11.3 Å². The highest BCUT2D eigenvalue weighted by molar-refractivity contribution is 7.91. The summed E-state index contributed by atoms with van der Waals surface area (Å²) in [7, 11) is -3.08. The summed E-state index contributed by atoms with van der Waals surface area (Å²) in [5.41, 5.74) is 0.989. The Hall–Kier alpha value is -2.19. The predicted molar refractivity (Wildman–Crippen MR) is 112 cm³/mol. The number of rotatable bonds is 7. The molecular formula is C20H24N2O4S2. The molecule has 1 aromatic heterocycles. The number of carbonyl (C=O) groups is 2. The normalized spacial score (nSPS) is 18.0. The molecule has 1 fully saturated rings. The number of carbonyl (C=O) groups excluding carboxylic acids is 2. The van der Waals surface area contributed by atoms with Gasteiger partial charge in [-0.3, -0.25) is 9.59 Å². The van der Waals surface area contributed by atoms with Crippen LogP contribution in [0.4, 0.5) is 5.69 Å². The van der Waals surface area contributed by atoms with E-state index in [2.05, 4.69) is 5.32 Å². The maximum Gasteiger partial charge on any atom is 0.265 e. The lowest BCUT2D eigenvalue weighted by Gasteiger charge is -2.28. The van der Waals surface area contributed by atoms with Crippen LogP contribution < -0.4 is 5.32 Å². The molecule has 1 aliphatic rings. The maximum atomic E-state index is 13.1. The topological polar surface area (TPSA) is 83.6 Å². The van der Waals surface area contributed by atoms with Crippen LogP contribution in [0.2, 0.25) is 0 Å². The fourth-order valence-electron chi connectivity index (χ4n) is 3.30. The second-order valence-electron chi connectivity index (χ2n) is 6.92. The zero-order valence-corrected chi connectivity index (χ0v) is 17.4. The third kappa shape index (κ3) is 4.99. The molecule has 1 aliphatic heterocycles. The van der Waals surface area contributed by atoms with Crippen molar-refractivity contribution in [2.24, 2.45) is 0 Å². The van der Waals surface area contributed by atoms with Crippen LogP contribution in [0, 0.1) is 0 Å². The van der Waals surface area contributed by atoms with Crippen LogP contribution in [0.25, 0.3) is 0 Å². The van der Waals surface area contributed by atoms with Gasteiger partial charge in [-0.05, 0) is 42.5 Å². The summed E-state index contributed by atoms with van der Waals surface area (Å²) in [4.78, 5) is 27.7. The molecule has 0 radical (unpaired) electrons. The van der Waals surface area contributed by atoms with Gasteiger partial charge < -0.3 is 10.2 Å². The summed E-state index contributed by atoms with van der Waals surface area (Å²) >= 11 is 1.35. The Morgan fingerprint density at radius 1 is 1.25 bits per heavy atom. The van der Waals surface area contributed by atoms with Crippen molar-refractivity contribution >= 4 is 38.7 Å². The minimum Gasteiger partial charge on any atom is -0.335 e. The number of nitrogens with one attached hydrogen (secondary N) is 1. The van der Waals surface area contributed by atoms with Gasteiger partial charge in [0.15, 0.2) is 9.84 Å². The second kappa shape index (κ2) is 8.87. The van der Waals surface area contributed by atoms with Crippen LogP contribution in [0.3, 0.4) is 0 Å². The van der Waals surface area contributed by atoms with Crippen molar-refractivity contribution in [3.05, 3.63) is 52.2 Å². The van der Waals surface area contributed by atoms with Crippen LogP contribution in [-0.4, -0.2) is 49.2 Å². The summed E-state index contributed by atoms with van der Waals surface area (Å²) in [6.07, 6.45) is 2.21. The molecule has 150 valence electrons. The Morgan fingerprint density at radius 3 is 2.71 bits per heavy atom. The molecule has 6 nitrogen and oxygen atoms in total. The molecule has 0 saturated carbocycles. The van der Waals surface area contributed by atoms with E-state index in [-0.39, 0.29) is 29.4 Å². The first-order chi connectivity index (χ1) is 13.4. The summed E-state index contributed by atoms with van der Waals surface area (Å²) in [6, 6.07) is 10.1. The summed E-state index contributed by atoms with van der Waals surface area (Å²) in [5, 5.41) is 4.64. The SMILES string of the molecule is CCCCN(C(=O)c1cccc(NC(=O)c2cccs2)c1)C1CCS(=O)(=O)C1. The summed E-state index contributed by atoms with van der Waals surface area (Å²) in [6.45, 7) is 2.57. The van der Waals surface area contributed by atoms with Crippen molar-refractivity contribution in [3.8, 4) is 0 Å². The zero-order valence-electron chi connectivity index (χ0n) is 15.8. The Labute approximate surface area is 169 Å². The first kappa shape index (κ1) is 20.5. The molecule has 28 heavy (non-hydrogen) atoms. The number of unbranched alkanes of at least 4 members (excludes halogenated alkanes) is 1. The number of amides is 2. The average molecular weight is 421 g/mol. The third-order valence-corrected chi connectivity index (χ3v) is 7.39. The van der Waals surface area contributed by atoms with Crippen molar-refractivity contribution < 1.29 is 18.0 Å². The number of thiophene rings is 1. The van der Waals surface area contributed by atoms with Crippen LogP contribution in [-0.2, 0) is 9.84 Å². The number of anilines is 1. The Morgan fingerprint density at radius 2 is 2.07 bits per heavy atom. The highest BCUT2D eigenvalue weighted by Gasteiger charge is 2.34. The fourth-order valence-corrected chi connectivity index (χ4v) is 5.65. The lowest BCUT2D eigenvalue weighted by Crippen LogP contribution is -2.41. The van der Waals surface area contributed by atoms with Gasteiger partial charge in [0.2, 0.25) is 0 Å². The van der Waals surface area contributed by atoms with E-state index in [0.29, 0.717) is 29.1 Å². The average Bonchev–Trinajstić information content (AvgIpc) is 3.32. The largest absolute Gasteiger partial charge is 0.335 e. The van der Waals surface area contributed by atoms with Gasteiger partial charge in [0.05, 0.1) is 16.4 Å². The van der Waals surface area contributed by atoms with Crippen molar-refractivity contribution in [2.75, 3.05) is 23.4 Å². The van der Waals surface area contributed by atoms with E-state index in [1.54, 1.807) is 41.3 Å². The van der Waals surface area contributed by atoms with E-state index in [4.69, 9.17) is 0 Å². The number of sulfone groups is 1. The highest BCUT2D eigenvalue weighted by atomic mass is 32.2. The molecule has 1 atom stereocenters. The van der Waals surface area contributed by atoms with Crippen molar-refractivity contribution in [1.29, 1.82) is 0 Å². The van der Waals surface area contributed by atoms with Gasteiger partial charge in [-0.2, -0.15) is 0 Å². The Balaban J connectivity index is 1.78. The van der Waals surface area contributed by atoms with Crippen LogP contribution in [0.1, 0.15) is 46.2 Å². The first-order valence-electron chi connectivity index (χ1n) is 9.36. The Kier molecular flexibility index (Phi) is 6.51. The molecule has 0 spiro atoms. The summed E-state index contributed by atoms with van der Waals surface area (Å²) in [5.74, 6) is -0.256. The van der Waals surface area contributed by atoms with Gasteiger partial charge in [-0.15, -0.1) is 11.3 Å². The standard InChI is InChI=1S/C20H24N2O4S2/c1-2-3-10-22(17-9-12-28(25,26)14-17)20(24)15-6-4-7-16(13-15)21-19(23)18-8-5-11-27-18/h4-8,11,13,17H,2-3,9-10,12,14H2,1H3,(H,21,23). The van der Waals surface area contributed by atoms with E-state index < -0.39 is 9.84 Å². The molecular weight excluding hydrogens is 396 g/mol. The lowest BCUT2D eigenvalue weighted by atomic mass is 10.1. The smallest absolute Gasteiger partial charge is 0.265 e. The molecule has 0 bridgehead atoms. The van der Waals surface area contributed by atoms with Gasteiger partial charge in [0.1, 0.15) is 0 Å². The molecule has 2 aromatic rings. The molecule has 1 N–H and O–H groups in total. The van der Waals surface area contributed by atoms with Crippen molar-refractivity contribution in [1.82, 2.24) is 4.90 Å². The molecule has 0 aliphatic carbocycles. The molecule has 1 unspecified atom stereocenters. The van der Waals surface area contributed by atoms with Crippen LogP contribution in [0.15, 0.2) is 41.8 Å². The minimum absolute atomic E-state index is 0.0251. The Bertz CT molecular complexity index is 939. The number of nitrogens with zero attached hydrogens (tertiary/aromatic N) is 1. The fraction of sp³-hybridized carbons (Fsp3) is 0.400. The van der Waals surface area contributed by atoms with Crippen molar-refractivity contribution in [2.45, 2.75) is 32.2 Å². The van der Waals surface area contributed by atoms with Gasteiger partial charge in [-0.25, -0.2) is 8.42 Å². The van der Waals surface area contributed by atoms with E-state index >= 15 is 0 Å². The summed E-state index contributed by atoms with van der Waals surface area (Å²) < 4.78 is 23.8. The molecule has 2 amide bonds. The highest BCUT2D eigenvalue weighted by Crippen LogP contribution is 2.22. The van der Waals surface area contributed by atoms with Gasteiger partial charge in [0.25, 0.3) is 11.8 Å².